The van der Waals surface area contributed by atoms with Gasteiger partial charge in [-0.2, -0.15) is 0 Å². The van der Waals surface area contributed by atoms with E-state index in [9.17, 15) is 0 Å². The van der Waals surface area contributed by atoms with Gasteiger partial charge in [0.1, 0.15) is 5.75 Å². The number of ether oxygens (including phenoxy) is 1. The summed E-state index contributed by atoms with van der Waals surface area (Å²) in [6, 6.07) is 10.0. The summed E-state index contributed by atoms with van der Waals surface area (Å²) in [5.74, 6) is 1.27. The number of pyridine rings is 1. The summed E-state index contributed by atoms with van der Waals surface area (Å²) in [6.45, 7) is 0.864. The third-order valence-corrected chi connectivity index (χ3v) is 3.93. The maximum atomic E-state index is 5.90. The van der Waals surface area contributed by atoms with Crippen molar-refractivity contribution in [3.8, 4) is 11.6 Å². The molecular weight excluding hydrogens is 340 g/mol. The molecule has 104 valence electrons. The summed E-state index contributed by atoms with van der Waals surface area (Å²) < 4.78 is 6.53. The van der Waals surface area contributed by atoms with E-state index in [-0.39, 0.29) is 0 Å². The number of benzene rings is 1. The van der Waals surface area contributed by atoms with Crippen molar-refractivity contribution in [1.29, 1.82) is 0 Å². The van der Waals surface area contributed by atoms with Crippen LogP contribution in [0.25, 0.3) is 0 Å². The van der Waals surface area contributed by atoms with Gasteiger partial charge in [0.05, 0.1) is 4.47 Å². The topological polar surface area (TPSA) is 34.1 Å². The Bertz CT molecular complexity index is 599. The second kappa shape index (κ2) is 6.12. The molecule has 1 fully saturated rings. The molecule has 5 heteroatoms. The normalized spacial score (nSPS) is 14.3. The van der Waals surface area contributed by atoms with Crippen LogP contribution in [0.2, 0.25) is 5.02 Å². The van der Waals surface area contributed by atoms with Crippen molar-refractivity contribution in [3.63, 3.8) is 0 Å². The van der Waals surface area contributed by atoms with Gasteiger partial charge in [0, 0.05) is 29.9 Å². The molecule has 0 radical (unpaired) electrons. The van der Waals surface area contributed by atoms with Crippen molar-refractivity contribution in [2.45, 2.75) is 25.4 Å². The third-order valence-electron chi connectivity index (χ3n) is 3.08. The zero-order valence-corrected chi connectivity index (χ0v) is 13.1. The summed E-state index contributed by atoms with van der Waals surface area (Å²) in [4.78, 5) is 4.32. The smallest absolute Gasteiger partial charge is 0.219 e. The monoisotopic (exact) mass is 352 g/mol. The maximum Gasteiger partial charge on any atom is 0.219 e. The fraction of sp³-hybridized carbons (Fsp3) is 0.267. The van der Waals surface area contributed by atoms with Crippen molar-refractivity contribution < 1.29 is 4.74 Å². The summed E-state index contributed by atoms with van der Waals surface area (Å²) in [5, 5.41) is 4.12. The van der Waals surface area contributed by atoms with Crippen molar-refractivity contribution in [2.75, 3.05) is 0 Å². The van der Waals surface area contributed by atoms with Crippen LogP contribution in [-0.2, 0) is 6.54 Å². The van der Waals surface area contributed by atoms with Crippen molar-refractivity contribution >= 4 is 27.5 Å². The number of nitrogens with zero attached hydrogens (tertiary/aromatic N) is 1. The molecule has 2 aromatic rings. The van der Waals surface area contributed by atoms with Gasteiger partial charge >= 0.3 is 0 Å². The molecule has 0 atom stereocenters. The quantitative estimate of drug-likeness (QED) is 0.857. The minimum Gasteiger partial charge on any atom is -0.438 e. The van der Waals surface area contributed by atoms with E-state index in [2.05, 4.69) is 26.2 Å². The zero-order chi connectivity index (χ0) is 13.9. The van der Waals surface area contributed by atoms with Gasteiger partial charge in [0.25, 0.3) is 0 Å². The van der Waals surface area contributed by atoms with E-state index in [1.807, 2.05) is 24.4 Å². The van der Waals surface area contributed by atoms with Crippen LogP contribution in [0, 0.1) is 0 Å². The number of hydrogen-bond donors (Lipinski definition) is 1. The van der Waals surface area contributed by atoms with Crippen LogP contribution in [0.15, 0.2) is 41.0 Å². The molecule has 0 spiro atoms. The van der Waals surface area contributed by atoms with Gasteiger partial charge in [-0.05, 0) is 52.5 Å². The molecule has 1 aromatic carbocycles. The highest BCUT2D eigenvalue weighted by molar-refractivity contribution is 9.10. The standard InChI is InChI=1S/C15H14BrClN2O/c16-13-7-11(17)2-5-14(13)20-15-6-1-10(9-19-15)8-18-12-3-4-12/h1-2,5-7,9,12,18H,3-4,8H2. The first-order valence-electron chi connectivity index (χ1n) is 6.52. The summed E-state index contributed by atoms with van der Waals surface area (Å²) in [6.07, 6.45) is 4.42. The SMILES string of the molecule is Clc1ccc(Oc2ccc(CNC3CC3)cn2)c(Br)c1. The zero-order valence-electron chi connectivity index (χ0n) is 10.8. The van der Waals surface area contributed by atoms with Crippen LogP contribution < -0.4 is 10.1 Å². The molecule has 1 aromatic heterocycles. The molecule has 1 aliphatic carbocycles. The Morgan fingerprint density at radius 2 is 2.15 bits per heavy atom. The molecule has 1 saturated carbocycles. The molecule has 0 aliphatic heterocycles. The van der Waals surface area contributed by atoms with E-state index >= 15 is 0 Å². The average molecular weight is 354 g/mol. The van der Waals surface area contributed by atoms with E-state index in [4.69, 9.17) is 16.3 Å². The second-order valence-electron chi connectivity index (χ2n) is 4.84. The average Bonchev–Trinajstić information content (AvgIpc) is 3.25. The lowest BCUT2D eigenvalue weighted by molar-refractivity contribution is 0.459. The molecule has 0 unspecified atom stereocenters. The summed E-state index contributed by atoms with van der Waals surface area (Å²) >= 11 is 9.32. The van der Waals surface area contributed by atoms with Gasteiger partial charge in [-0.15, -0.1) is 0 Å². The third kappa shape index (κ3) is 3.72. The van der Waals surface area contributed by atoms with Crippen LogP contribution in [0.3, 0.4) is 0 Å². The number of rotatable bonds is 5. The minimum absolute atomic E-state index is 0.572. The minimum atomic E-state index is 0.572. The highest BCUT2D eigenvalue weighted by Gasteiger charge is 2.19. The van der Waals surface area contributed by atoms with Gasteiger partial charge in [-0.3, -0.25) is 0 Å². The number of halogens is 2. The van der Waals surface area contributed by atoms with E-state index in [0.29, 0.717) is 22.7 Å². The number of nitrogens with one attached hydrogen (secondary N) is 1. The Hall–Kier alpha value is -1.10. The summed E-state index contributed by atoms with van der Waals surface area (Å²) in [5.41, 5.74) is 1.17. The van der Waals surface area contributed by atoms with E-state index in [1.54, 1.807) is 12.1 Å². The molecule has 0 bridgehead atoms. The highest BCUT2D eigenvalue weighted by atomic mass is 79.9. The maximum absolute atomic E-state index is 5.90. The largest absolute Gasteiger partial charge is 0.438 e. The highest BCUT2D eigenvalue weighted by Crippen LogP contribution is 2.31. The molecule has 3 nitrogen and oxygen atoms in total. The Kier molecular flexibility index (Phi) is 4.24. The van der Waals surface area contributed by atoms with Gasteiger partial charge < -0.3 is 10.1 Å². The van der Waals surface area contributed by atoms with Crippen LogP contribution >= 0.6 is 27.5 Å². The number of hydrogen-bond acceptors (Lipinski definition) is 3. The van der Waals surface area contributed by atoms with Crippen LogP contribution in [0.4, 0.5) is 0 Å². The lowest BCUT2D eigenvalue weighted by Crippen LogP contribution is -2.15. The Balaban J connectivity index is 1.64. The Morgan fingerprint density at radius 3 is 2.80 bits per heavy atom. The van der Waals surface area contributed by atoms with Crippen LogP contribution in [0.5, 0.6) is 11.6 Å². The van der Waals surface area contributed by atoms with E-state index in [0.717, 1.165) is 11.0 Å². The molecule has 20 heavy (non-hydrogen) atoms. The van der Waals surface area contributed by atoms with Crippen molar-refractivity contribution in [2.24, 2.45) is 0 Å². The lowest BCUT2D eigenvalue weighted by atomic mass is 10.3. The molecule has 1 aliphatic rings. The Morgan fingerprint density at radius 1 is 1.30 bits per heavy atom. The predicted octanol–water partition coefficient (Wildman–Crippen LogP) is 4.54. The summed E-state index contributed by atoms with van der Waals surface area (Å²) in [7, 11) is 0. The lowest BCUT2D eigenvalue weighted by Gasteiger charge is -2.08. The molecule has 1 N–H and O–H groups in total. The molecule has 0 saturated heterocycles. The van der Waals surface area contributed by atoms with E-state index < -0.39 is 0 Å². The molecule has 1 heterocycles. The van der Waals surface area contributed by atoms with Crippen molar-refractivity contribution in [3.05, 3.63) is 51.6 Å². The first kappa shape index (κ1) is 13.9. The molecular formula is C15H14BrClN2O. The van der Waals surface area contributed by atoms with Crippen molar-refractivity contribution in [1.82, 2.24) is 10.3 Å². The fourth-order valence-corrected chi connectivity index (χ4v) is 2.56. The van der Waals surface area contributed by atoms with Crippen LogP contribution in [0.1, 0.15) is 18.4 Å². The van der Waals surface area contributed by atoms with Crippen LogP contribution in [-0.4, -0.2) is 11.0 Å². The fourth-order valence-electron chi connectivity index (χ4n) is 1.80. The first-order valence-corrected chi connectivity index (χ1v) is 7.69. The number of aromatic nitrogens is 1. The Labute approximate surface area is 131 Å². The molecule has 0 amide bonds. The first-order chi connectivity index (χ1) is 9.70. The molecule has 3 rings (SSSR count). The van der Waals surface area contributed by atoms with Gasteiger partial charge in [0.2, 0.25) is 5.88 Å². The van der Waals surface area contributed by atoms with Gasteiger partial charge in [-0.1, -0.05) is 17.7 Å². The predicted molar refractivity (Wildman–Crippen MR) is 83.3 cm³/mol. The van der Waals surface area contributed by atoms with Gasteiger partial charge in [-0.25, -0.2) is 4.98 Å². The second-order valence-corrected chi connectivity index (χ2v) is 6.13. The van der Waals surface area contributed by atoms with E-state index in [1.165, 1.54) is 18.4 Å². The van der Waals surface area contributed by atoms with Gasteiger partial charge in [0.15, 0.2) is 0 Å².